The van der Waals surface area contributed by atoms with Gasteiger partial charge in [0.05, 0.1) is 10.7 Å². The largest absolute Gasteiger partial charge is 0.481 e. The zero-order valence-electron chi connectivity index (χ0n) is 7.97. The first kappa shape index (κ1) is 11.5. The monoisotopic (exact) mass is 227 g/mol. The number of carboxylic acid groups (broad SMARTS) is 1. The molecule has 1 aromatic rings. The topological polar surface area (TPSA) is 80.4 Å². The summed E-state index contributed by atoms with van der Waals surface area (Å²) < 4.78 is 0. The van der Waals surface area contributed by atoms with Crippen LogP contribution in [-0.4, -0.2) is 21.8 Å². The van der Waals surface area contributed by atoms with Crippen LogP contribution in [0.25, 0.3) is 0 Å². The van der Waals surface area contributed by atoms with Crippen LogP contribution in [0.3, 0.4) is 0 Å². The molecule has 0 aliphatic heterocycles. The fourth-order valence-electron chi connectivity index (χ4n) is 1.10. The van der Waals surface area contributed by atoms with Crippen LogP contribution in [0.15, 0.2) is 23.1 Å². The van der Waals surface area contributed by atoms with E-state index in [1.807, 2.05) is 0 Å². The Bertz CT molecular complexity index is 405. The Hall–Kier alpha value is -1.56. The number of nitrogens with zero attached hydrogens (tertiary/aromatic N) is 1. The summed E-state index contributed by atoms with van der Waals surface area (Å²) >= 11 is 1.08. The second-order valence-electron chi connectivity index (χ2n) is 2.84. The molecule has 80 valence electrons. The first-order chi connectivity index (χ1) is 7.02. The van der Waals surface area contributed by atoms with Crippen LogP contribution >= 0.6 is 11.8 Å². The van der Waals surface area contributed by atoms with Gasteiger partial charge in [0.2, 0.25) is 0 Å². The molecule has 0 spiro atoms. The number of hydrogen-bond acceptors (Lipinski definition) is 4. The molecule has 0 fully saturated rings. The smallest absolute Gasteiger partial charge is 0.313 e. The van der Waals surface area contributed by atoms with E-state index in [1.165, 1.54) is 6.07 Å². The van der Waals surface area contributed by atoms with Crippen LogP contribution in [0.1, 0.15) is 5.56 Å². The average Bonchev–Trinajstić information content (AvgIpc) is 2.15. The molecular weight excluding hydrogens is 218 g/mol. The summed E-state index contributed by atoms with van der Waals surface area (Å²) in [6.45, 7) is 1.61. The lowest BCUT2D eigenvalue weighted by molar-refractivity contribution is -0.385. The number of aliphatic carboxylic acids is 1. The van der Waals surface area contributed by atoms with E-state index in [9.17, 15) is 14.9 Å². The Balaban J connectivity index is 2.94. The second kappa shape index (κ2) is 4.79. The third-order valence-corrected chi connectivity index (χ3v) is 2.95. The molecule has 1 rings (SSSR count). The van der Waals surface area contributed by atoms with Crippen molar-refractivity contribution in [1.82, 2.24) is 0 Å². The van der Waals surface area contributed by atoms with Gasteiger partial charge in [0.1, 0.15) is 0 Å². The first-order valence-electron chi connectivity index (χ1n) is 4.11. The van der Waals surface area contributed by atoms with Crippen LogP contribution in [0.2, 0.25) is 0 Å². The summed E-state index contributed by atoms with van der Waals surface area (Å²) in [5.74, 6) is -1.03. The Morgan fingerprint density at radius 2 is 2.27 bits per heavy atom. The Morgan fingerprint density at radius 1 is 1.60 bits per heavy atom. The lowest BCUT2D eigenvalue weighted by atomic mass is 10.2. The zero-order chi connectivity index (χ0) is 11.4. The van der Waals surface area contributed by atoms with Crippen molar-refractivity contribution in [2.75, 3.05) is 5.75 Å². The molecule has 1 aromatic carbocycles. The van der Waals surface area contributed by atoms with E-state index in [0.717, 1.165) is 11.8 Å². The quantitative estimate of drug-likeness (QED) is 0.484. The van der Waals surface area contributed by atoms with E-state index in [2.05, 4.69) is 0 Å². The van der Waals surface area contributed by atoms with Crippen molar-refractivity contribution < 1.29 is 14.8 Å². The van der Waals surface area contributed by atoms with E-state index in [0.29, 0.717) is 10.5 Å². The number of carboxylic acids is 1. The fraction of sp³-hybridized carbons (Fsp3) is 0.222. The fourth-order valence-corrected chi connectivity index (χ4v) is 1.87. The van der Waals surface area contributed by atoms with Gasteiger partial charge in [0.15, 0.2) is 0 Å². The standard InChI is InChI=1S/C9H9NO4S/c1-6-7(10(13)14)3-2-4-8(6)15-5-9(11)12/h2-4H,5H2,1H3,(H,11,12). The number of carbonyl (C=O) groups is 1. The van der Waals surface area contributed by atoms with E-state index in [1.54, 1.807) is 19.1 Å². The van der Waals surface area contributed by atoms with E-state index >= 15 is 0 Å². The van der Waals surface area contributed by atoms with Crippen molar-refractivity contribution in [3.8, 4) is 0 Å². The lowest BCUT2D eigenvalue weighted by Crippen LogP contribution is -1.99. The molecular formula is C9H9NO4S. The van der Waals surface area contributed by atoms with Crippen LogP contribution in [0, 0.1) is 17.0 Å². The summed E-state index contributed by atoms with van der Waals surface area (Å²) in [5, 5.41) is 19.1. The Kier molecular flexibility index (Phi) is 3.68. The molecule has 0 atom stereocenters. The van der Waals surface area contributed by atoms with Crippen LogP contribution < -0.4 is 0 Å². The summed E-state index contributed by atoms with van der Waals surface area (Å²) in [6.07, 6.45) is 0. The van der Waals surface area contributed by atoms with Crippen molar-refractivity contribution >= 4 is 23.4 Å². The highest BCUT2D eigenvalue weighted by Crippen LogP contribution is 2.28. The molecule has 0 amide bonds. The molecule has 6 heteroatoms. The lowest BCUT2D eigenvalue weighted by Gasteiger charge is -2.03. The molecule has 5 nitrogen and oxygen atoms in total. The summed E-state index contributed by atoms with van der Waals surface area (Å²) in [5.41, 5.74) is 0.527. The van der Waals surface area contributed by atoms with Gasteiger partial charge in [-0.3, -0.25) is 14.9 Å². The zero-order valence-corrected chi connectivity index (χ0v) is 8.78. The minimum Gasteiger partial charge on any atom is -0.481 e. The van der Waals surface area contributed by atoms with Gasteiger partial charge >= 0.3 is 5.97 Å². The maximum atomic E-state index is 10.6. The van der Waals surface area contributed by atoms with Gasteiger partial charge < -0.3 is 5.11 Å². The van der Waals surface area contributed by atoms with Crippen LogP contribution in [0.4, 0.5) is 5.69 Å². The third kappa shape index (κ3) is 2.95. The molecule has 0 unspecified atom stereocenters. The molecule has 1 N–H and O–H groups in total. The molecule has 15 heavy (non-hydrogen) atoms. The van der Waals surface area contributed by atoms with Gasteiger partial charge in [-0.1, -0.05) is 6.07 Å². The minimum atomic E-state index is -0.939. The third-order valence-electron chi connectivity index (χ3n) is 1.80. The molecule has 0 aliphatic rings. The minimum absolute atomic E-state index is 0.0189. The van der Waals surface area contributed by atoms with Crippen LogP contribution in [0.5, 0.6) is 0 Å². The van der Waals surface area contributed by atoms with E-state index in [-0.39, 0.29) is 11.4 Å². The molecule has 0 saturated heterocycles. The van der Waals surface area contributed by atoms with Gasteiger partial charge in [-0.2, -0.15) is 0 Å². The van der Waals surface area contributed by atoms with Gasteiger partial charge in [0, 0.05) is 16.5 Å². The number of hydrogen-bond donors (Lipinski definition) is 1. The predicted octanol–water partition coefficient (Wildman–Crippen LogP) is 2.08. The second-order valence-corrected chi connectivity index (χ2v) is 3.86. The number of rotatable bonds is 4. The van der Waals surface area contributed by atoms with Gasteiger partial charge in [-0.15, -0.1) is 11.8 Å². The first-order valence-corrected chi connectivity index (χ1v) is 5.09. The molecule has 0 radical (unpaired) electrons. The van der Waals surface area contributed by atoms with Gasteiger partial charge in [-0.25, -0.2) is 0 Å². The van der Waals surface area contributed by atoms with E-state index in [4.69, 9.17) is 5.11 Å². The summed E-state index contributed by atoms with van der Waals surface area (Å²) in [6, 6.07) is 4.63. The number of thioether (sulfide) groups is 1. The normalized spacial score (nSPS) is 9.93. The van der Waals surface area contributed by atoms with Crippen molar-refractivity contribution in [2.45, 2.75) is 11.8 Å². The highest BCUT2D eigenvalue weighted by molar-refractivity contribution is 8.00. The van der Waals surface area contributed by atoms with Gasteiger partial charge in [-0.05, 0) is 13.0 Å². The summed E-state index contributed by atoms with van der Waals surface area (Å²) in [4.78, 5) is 21.1. The number of nitro groups is 1. The van der Waals surface area contributed by atoms with E-state index < -0.39 is 10.9 Å². The van der Waals surface area contributed by atoms with Crippen LogP contribution in [-0.2, 0) is 4.79 Å². The SMILES string of the molecule is Cc1c(SCC(=O)O)cccc1[N+](=O)[O-]. The summed E-state index contributed by atoms with van der Waals surface area (Å²) in [7, 11) is 0. The van der Waals surface area contributed by atoms with Gasteiger partial charge in [0.25, 0.3) is 5.69 Å². The molecule has 0 aliphatic carbocycles. The number of benzene rings is 1. The average molecular weight is 227 g/mol. The highest BCUT2D eigenvalue weighted by Gasteiger charge is 2.13. The molecule has 0 heterocycles. The predicted molar refractivity (Wildman–Crippen MR) is 56.2 cm³/mol. The Labute approximate surface area is 90.3 Å². The molecule has 0 bridgehead atoms. The number of nitro benzene ring substituents is 1. The molecule has 0 aromatic heterocycles. The maximum absolute atomic E-state index is 10.6. The van der Waals surface area contributed by atoms with Crippen molar-refractivity contribution in [3.63, 3.8) is 0 Å². The highest BCUT2D eigenvalue weighted by atomic mass is 32.2. The Morgan fingerprint density at radius 3 is 2.80 bits per heavy atom. The van der Waals surface area contributed by atoms with Crippen molar-refractivity contribution in [1.29, 1.82) is 0 Å². The van der Waals surface area contributed by atoms with Crippen molar-refractivity contribution in [2.24, 2.45) is 0 Å². The maximum Gasteiger partial charge on any atom is 0.313 e. The molecule has 0 saturated carbocycles. The van der Waals surface area contributed by atoms with Crippen molar-refractivity contribution in [3.05, 3.63) is 33.9 Å².